The third-order valence-corrected chi connectivity index (χ3v) is 4.65. The zero-order chi connectivity index (χ0) is 16.8. The predicted molar refractivity (Wildman–Crippen MR) is 92.3 cm³/mol. The minimum absolute atomic E-state index is 0.241. The van der Waals surface area contributed by atoms with Crippen LogP contribution in [0.3, 0.4) is 0 Å². The van der Waals surface area contributed by atoms with Crippen LogP contribution in [0.2, 0.25) is 0 Å². The van der Waals surface area contributed by atoms with Gasteiger partial charge in [-0.1, -0.05) is 6.07 Å². The minimum Gasteiger partial charge on any atom is -0.454 e. The normalized spacial score (nSPS) is 14.2. The smallest absolute Gasteiger partial charge is 0.231 e. The van der Waals surface area contributed by atoms with Crippen LogP contribution < -0.4 is 24.7 Å². The maximum atomic E-state index is 6.16. The lowest BCUT2D eigenvalue weighted by molar-refractivity contribution is 0.174. The number of aromatic nitrogens is 1. The molecular weight excluding hydrogens is 320 g/mol. The fourth-order valence-electron chi connectivity index (χ4n) is 3.36. The van der Waals surface area contributed by atoms with Gasteiger partial charge in [0, 0.05) is 17.1 Å². The van der Waals surface area contributed by atoms with Crippen LogP contribution in [-0.2, 0) is 12.8 Å². The predicted octanol–water partition coefficient (Wildman–Crippen LogP) is 3.06. The van der Waals surface area contributed by atoms with E-state index in [1.165, 1.54) is 5.56 Å². The van der Waals surface area contributed by atoms with Crippen LogP contribution in [-0.4, -0.2) is 18.6 Å². The number of nitrogen functional groups attached to an aromatic ring is 1. The number of fused-ring (bicyclic) bond motifs is 4. The van der Waals surface area contributed by atoms with Crippen LogP contribution in [0.4, 0.5) is 5.82 Å². The van der Waals surface area contributed by atoms with E-state index >= 15 is 0 Å². The summed E-state index contributed by atoms with van der Waals surface area (Å²) in [4.78, 5) is 4.35. The van der Waals surface area contributed by atoms with E-state index in [1.807, 2.05) is 24.3 Å². The Hall–Kier alpha value is -3.15. The molecule has 2 N–H and O–H groups in total. The molecule has 0 spiro atoms. The second-order valence-corrected chi connectivity index (χ2v) is 6.07. The molecular formula is C19H16N2O4. The first kappa shape index (κ1) is 14.2. The summed E-state index contributed by atoms with van der Waals surface area (Å²) in [5.41, 5.74) is 8.35. The summed E-state index contributed by atoms with van der Waals surface area (Å²) in [6.45, 7) is 0.525. The molecule has 0 fully saturated rings. The van der Waals surface area contributed by atoms with Crippen molar-refractivity contribution in [1.82, 2.24) is 4.98 Å². The lowest BCUT2D eigenvalue weighted by Gasteiger charge is -2.11. The average molecular weight is 336 g/mol. The van der Waals surface area contributed by atoms with E-state index in [1.54, 1.807) is 6.20 Å². The number of aryl methyl sites for hydroxylation is 2. The number of nitrogens with two attached hydrogens (primary N) is 1. The first-order chi connectivity index (χ1) is 12.3. The van der Waals surface area contributed by atoms with Crippen molar-refractivity contribution < 1.29 is 18.9 Å². The van der Waals surface area contributed by atoms with Gasteiger partial charge in [0.2, 0.25) is 13.6 Å². The Labute approximate surface area is 144 Å². The van der Waals surface area contributed by atoms with E-state index in [9.17, 15) is 0 Å². The number of benzene rings is 2. The number of hydrogen-bond acceptors (Lipinski definition) is 6. The Morgan fingerprint density at radius 3 is 2.60 bits per heavy atom. The van der Waals surface area contributed by atoms with Gasteiger partial charge in [0.1, 0.15) is 5.82 Å². The molecule has 0 unspecified atom stereocenters. The van der Waals surface area contributed by atoms with Gasteiger partial charge in [-0.05, 0) is 48.1 Å². The van der Waals surface area contributed by atoms with Gasteiger partial charge in [0.15, 0.2) is 23.0 Å². The van der Waals surface area contributed by atoms with E-state index in [-0.39, 0.29) is 13.6 Å². The highest BCUT2D eigenvalue weighted by Crippen LogP contribution is 2.41. The van der Waals surface area contributed by atoms with Crippen LogP contribution in [0.1, 0.15) is 11.1 Å². The highest BCUT2D eigenvalue weighted by molar-refractivity contribution is 5.94. The van der Waals surface area contributed by atoms with Crippen LogP contribution in [0.5, 0.6) is 23.0 Å². The van der Waals surface area contributed by atoms with Crippen LogP contribution in [0.25, 0.3) is 10.8 Å². The first-order valence-corrected chi connectivity index (χ1v) is 8.14. The SMILES string of the molecule is Nc1ncc2c3c(ccc2c1CCc1ccc2c(c1)OCO2)OCO3. The summed E-state index contributed by atoms with van der Waals surface area (Å²) in [7, 11) is 0. The van der Waals surface area contributed by atoms with Crippen LogP contribution >= 0.6 is 0 Å². The molecule has 6 nitrogen and oxygen atoms in total. The molecule has 0 saturated heterocycles. The Morgan fingerprint density at radius 1 is 0.840 bits per heavy atom. The summed E-state index contributed by atoms with van der Waals surface area (Å²) in [5.74, 6) is 3.63. The second kappa shape index (κ2) is 5.44. The van der Waals surface area contributed by atoms with E-state index in [4.69, 9.17) is 24.7 Å². The quantitative estimate of drug-likeness (QED) is 0.792. The van der Waals surface area contributed by atoms with Crippen LogP contribution in [0, 0.1) is 0 Å². The van der Waals surface area contributed by atoms with Crippen molar-refractivity contribution in [2.24, 2.45) is 0 Å². The second-order valence-electron chi connectivity index (χ2n) is 6.07. The Morgan fingerprint density at radius 2 is 1.64 bits per heavy atom. The van der Waals surface area contributed by atoms with Crippen molar-refractivity contribution in [3.63, 3.8) is 0 Å². The molecule has 2 aliphatic rings. The van der Waals surface area contributed by atoms with Gasteiger partial charge in [0.25, 0.3) is 0 Å². The molecule has 0 saturated carbocycles. The van der Waals surface area contributed by atoms with Crippen molar-refractivity contribution in [3.8, 4) is 23.0 Å². The summed E-state index contributed by atoms with van der Waals surface area (Å²) in [6, 6.07) is 9.97. The number of pyridine rings is 1. The Balaban J connectivity index is 1.49. The molecule has 3 aromatic rings. The topological polar surface area (TPSA) is 75.8 Å². The largest absolute Gasteiger partial charge is 0.454 e. The van der Waals surface area contributed by atoms with Crippen molar-refractivity contribution in [3.05, 3.63) is 47.7 Å². The van der Waals surface area contributed by atoms with Gasteiger partial charge in [-0.25, -0.2) is 4.98 Å². The highest BCUT2D eigenvalue weighted by atomic mass is 16.7. The Bertz CT molecular complexity index is 987. The standard InChI is InChI=1S/C19H16N2O4/c20-19-13(3-1-11-2-5-15-17(7-11)24-9-22-15)12-4-6-16-18(25-10-23-16)14(12)8-21-19/h2,4-8H,1,3,9-10H2,(H2,20,21). The summed E-state index contributed by atoms with van der Waals surface area (Å²) in [5, 5.41) is 1.99. The van der Waals surface area contributed by atoms with Crippen LogP contribution in [0.15, 0.2) is 36.5 Å². The number of rotatable bonds is 3. The molecule has 1 aromatic heterocycles. The lowest BCUT2D eigenvalue weighted by Crippen LogP contribution is -2.01. The summed E-state index contributed by atoms with van der Waals surface area (Å²) < 4.78 is 21.8. The zero-order valence-electron chi connectivity index (χ0n) is 13.5. The molecule has 0 atom stereocenters. The molecule has 0 radical (unpaired) electrons. The van der Waals surface area contributed by atoms with Gasteiger partial charge in [-0.15, -0.1) is 0 Å². The summed E-state index contributed by atoms with van der Waals surface area (Å²) >= 11 is 0. The Kier molecular flexibility index (Phi) is 3.09. The summed E-state index contributed by atoms with van der Waals surface area (Å²) in [6.07, 6.45) is 3.35. The van der Waals surface area contributed by atoms with E-state index < -0.39 is 0 Å². The number of hydrogen-bond donors (Lipinski definition) is 1. The molecule has 2 aromatic carbocycles. The van der Waals surface area contributed by atoms with Gasteiger partial charge in [-0.2, -0.15) is 0 Å². The van der Waals surface area contributed by atoms with E-state index in [2.05, 4.69) is 11.1 Å². The first-order valence-electron chi connectivity index (χ1n) is 8.14. The molecule has 25 heavy (non-hydrogen) atoms. The molecule has 0 bridgehead atoms. The third kappa shape index (κ3) is 2.29. The van der Waals surface area contributed by atoms with Crippen molar-refractivity contribution in [1.29, 1.82) is 0 Å². The number of anilines is 1. The molecule has 0 aliphatic carbocycles. The zero-order valence-corrected chi connectivity index (χ0v) is 13.5. The molecule has 2 aliphatic heterocycles. The molecule has 5 rings (SSSR count). The maximum absolute atomic E-state index is 6.16. The van der Waals surface area contributed by atoms with E-state index in [0.29, 0.717) is 5.82 Å². The van der Waals surface area contributed by atoms with Crippen molar-refractivity contribution >= 4 is 16.6 Å². The van der Waals surface area contributed by atoms with Gasteiger partial charge in [-0.3, -0.25) is 0 Å². The fourth-order valence-corrected chi connectivity index (χ4v) is 3.36. The monoisotopic (exact) mass is 336 g/mol. The van der Waals surface area contributed by atoms with Gasteiger partial charge in [0.05, 0.1) is 0 Å². The molecule has 0 amide bonds. The molecule has 6 heteroatoms. The average Bonchev–Trinajstić information content (AvgIpc) is 3.29. The van der Waals surface area contributed by atoms with E-state index in [0.717, 1.165) is 52.2 Å². The number of nitrogens with zero attached hydrogens (tertiary/aromatic N) is 1. The van der Waals surface area contributed by atoms with Gasteiger partial charge >= 0.3 is 0 Å². The molecule has 3 heterocycles. The lowest BCUT2D eigenvalue weighted by atomic mass is 9.99. The van der Waals surface area contributed by atoms with Crippen molar-refractivity contribution in [2.75, 3.05) is 19.3 Å². The minimum atomic E-state index is 0.241. The molecule has 126 valence electrons. The van der Waals surface area contributed by atoms with Crippen molar-refractivity contribution in [2.45, 2.75) is 12.8 Å². The third-order valence-electron chi connectivity index (χ3n) is 4.65. The maximum Gasteiger partial charge on any atom is 0.231 e. The fraction of sp³-hybridized carbons (Fsp3) is 0.211. The number of ether oxygens (including phenoxy) is 4. The highest BCUT2D eigenvalue weighted by Gasteiger charge is 2.19. The van der Waals surface area contributed by atoms with Gasteiger partial charge < -0.3 is 24.7 Å².